The Balaban J connectivity index is 0.00000169. The number of rotatable bonds is 3. The summed E-state index contributed by atoms with van der Waals surface area (Å²) >= 11 is 0. The van der Waals surface area contributed by atoms with Crippen molar-refractivity contribution in [3.8, 4) is 11.3 Å². The maximum absolute atomic E-state index is 6.63. The van der Waals surface area contributed by atoms with Gasteiger partial charge in [-0.1, -0.05) is 53.7 Å². The second-order valence-corrected chi connectivity index (χ2v) is 6.18. The molecule has 4 heteroatoms. The number of hydrogen-bond donors (Lipinski definition) is 1. The van der Waals surface area contributed by atoms with E-state index in [-0.39, 0.29) is 18.4 Å². The Morgan fingerprint density at radius 2 is 1.83 bits per heavy atom. The lowest BCUT2D eigenvalue weighted by molar-refractivity contribution is 0.398. The van der Waals surface area contributed by atoms with Crippen LogP contribution < -0.4 is 5.73 Å². The van der Waals surface area contributed by atoms with Crippen LogP contribution in [-0.4, -0.2) is 5.16 Å². The van der Waals surface area contributed by atoms with Crippen molar-refractivity contribution in [3.63, 3.8) is 0 Å². The Morgan fingerprint density at radius 1 is 1.04 bits per heavy atom. The number of benzene rings is 2. The number of para-hydroxylation sites is 1. The van der Waals surface area contributed by atoms with E-state index >= 15 is 0 Å². The van der Waals surface area contributed by atoms with Crippen LogP contribution in [0.4, 0.5) is 0 Å². The van der Waals surface area contributed by atoms with Gasteiger partial charge in [0.15, 0.2) is 5.58 Å². The van der Waals surface area contributed by atoms with Gasteiger partial charge in [-0.25, -0.2) is 0 Å². The first-order chi connectivity index (χ1) is 11.3. The molecule has 1 aliphatic carbocycles. The highest BCUT2D eigenvalue weighted by Crippen LogP contribution is 2.37. The van der Waals surface area contributed by atoms with Crippen molar-refractivity contribution < 1.29 is 4.52 Å². The average molecular weight is 341 g/mol. The fraction of sp³-hybridized carbons (Fsp3) is 0.250. The summed E-state index contributed by atoms with van der Waals surface area (Å²) in [5, 5.41) is 5.35. The zero-order chi connectivity index (χ0) is 15.6. The molecule has 0 amide bonds. The van der Waals surface area contributed by atoms with Gasteiger partial charge in [0.2, 0.25) is 0 Å². The van der Waals surface area contributed by atoms with Gasteiger partial charge in [-0.2, -0.15) is 0 Å². The summed E-state index contributed by atoms with van der Waals surface area (Å²) in [6.07, 6.45) is 7.82. The summed E-state index contributed by atoms with van der Waals surface area (Å²) in [6, 6.07) is 16.3. The molecule has 3 aromatic rings. The van der Waals surface area contributed by atoms with Gasteiger partial charge in [0, 0.05) is 17.0 Å². The van der Waals surface area contributed by atoms with Gasteiger partial charge in [-0.15, -0.1) is 12.4 Å². The lowest BCUT2D eigenvalue weighted by Gasteiger charge is -2.26. The summed E-state index contributed by atoms with van der Waals surface area (Å²) in [5.74, 6) is 0.485. The molecular formula is C20H21ClN2O. The molecule has 0 saturated heterocycles. The van der Waals surface area contributed by atoms with E-state index in [0.717, 1.165) is 47.1 Å². The average Bonchev–Trinajstić information content (AvgIpc) is 3.06. The van der Waals surface area contributed by atoms with Crippen molar-refractivity contribution in [2.24, 2.45) is 11.7 Å². The van der Waals surface area contributed by atoms with Crippen LogP contribution in [0.5, 0.6) is 0 Å². The summed E-state index contributed by atoms with van der Waals surface area (Å²) in [6.45, 7) is 0. The molecule has 2 aromatic carbocycles. The second kappa shape index (κ2) is 7.20. The van der Waals surface area contributed by atoms with E-state index in [1.807, 2.05) is 30.3 Å². The van der Waals surface area contributed by atoms with E-state index in [9.17, 15) is 0 Å². The number of halogens is 1. The quantitative estimate of drug-likeness (QED) is 0.660. The van der Waals surface area contributed by atoms with Gasteiger partial charge in [-0.3, -0.25) is 0 Å². The fourth-order valence-corrected chi connectivity index (χ4v) is 3.48. The molecule has 1 aromatic heterocycles. The summed E-state index contributed by atoms with van der Waals surface area (Å²) in [4.78, 5) is 0. The van der Waals surface area contributed by atoms with Crippen LogP contribution in [0.3, 0.4) is 0 Å². The largest absolute Gasteiger partial charge is 0.356 e. The molecule has 1 heterocycles. The normalized spacial score (nSPS) is 18.3. The van der Waals surface area contributed by atoms with Gasteiger partial charge in [0.25, 0.3) is 0 Å². The van der Waals surface area contributed by atoms with Gasteiger partial charge < -0.3 is 10.3 Å². The van der Waals surface area contributed by atoms with Crippen molar-refractivity contribution in [1.82, 2.24) is 5.16 Å². The predicted molar refractivity (Wildman–Crippen MR) is 100 cm³/mol. The molecule has 3 nitrogen and oxygen atoms in total. The number of aromatic nitrogens is 1. The molecule has 0 fully saturated rings. The fourth-order valence-electron chi connectivity index (χ4n) is 3.48. The summed E-state index contributed by atoms with van der Waals surface area (Å²) < 4.78 is 5.48. The molecule has 4 rings (SSSR count). The zero-order valence-corrected chi connectivity index (χ0v) is 14.2. The van der Waals surface area contributed by atoms with E-state index in [1.165, 1.54) is 0 Å². The van der Waals surface area contributed by atoms with Crippen molar-refractivity contribution in [2.45, 2.75) is 25.3 Å². The predicted octanol–water partition coefficient (Wildman–Crippen LogP) is 5.27. The zero-order valence-electron chi connectivity index (χ0n) is 13.4. The number of nitrogens with two attached hydrogens (primary N) is 1. The van der Waals surface area contributed by atoms with Crippen molar-refractivity contribution in [1.29, 1.82) is 0 Å². The highest BCUT2D eigenvalue weighted by molar-refractivity contribution is 5.92. The topological polar surface area (TPSA) is 52.0 Å². The molecule has 0 saturated carbocycles. The highest BCUT2D eigenvalue weighted by atomic mass is 35.5. The number of fused-ring (bicyclic) bond motifs is 1. The first kappa shape index (κ1) is 16.7. The minimum atomic E-state index is 0. The Morgan fingerprint density at radius 3 is 2.67 bits per heavy atom. The monoisotopic (exact) mass is 340 g/mol. The molecule has 2 atom stereocenters. The number of hydrogen-bond acceptors (Lipinski definition) is 3. The SMILES string of the molecule is Cl.NC(c1ccccc1-c1noc2ccccc12)C1CC=CCC1. The Labute approximate surface area is 147 Å². The lowest BCUT2D eigenvalue weighted by Crippen LogP contribution is -2.23. The Kier molecular flexibility index (Phi) is 5.03. The van der Waals surface area contributed by atoms with Crippen LogP contribution in [-0.2, 0) is 0 Å². The van der Waals surface area contributed by atoms with E-state index in [4.69, 9.17) is 10.3 Å². The standard InChI is InChI=1S/C20H20N2O.ClH/c21-19(14-8-2-1-3-9-14)15-10-4-5-11-16(15)20-17-12-6-7-13-18(17)23-22-20;/h1-2,4-7,10-14,19H,3,8-9,21H2;1H. The third-order valence-electron chi connectivity index (χ3n) is 4.77. The van der Waals surface area contributed by atoms with E-state index in [2.05, 4.69) is 35.5 Å². The molecule has 1 aliphatic rings. The lowest BCUT2D eigenvalue weighted by atomic mass is 9.82. The van der Waals surface area contributed by atoms with Crippen LogP contribution in [0.15, 0.2) is 65.2 Å². The number of allylic oxidation sites excluding steroid dienone is 2. The van der Waals surface area contributed by atoms with E-state index in [1.54, 1.807) is 0 Å². The smallest absolute Gasteiger partial charge is 0.167 e. The van der Waals surface area contributed by atoms with Gasteiger partial charge in [0.05, 0.1) is 0 Å². The highest BCUT2D eigenvalue weighted by Gasteiger charge is 2.23. The molecule has 0 radical (unpaired) electrons. The van der Waals surface area contributed by atoms with Crippen LogP contribution in [0.2, 0.25) is 0 Å². The van der Waals surface area contributed by atoms with Crippen LogP contribution in [0.25, 0.3) is 22.2 Å². The molecule has 124 valence electrons. The van der Waals surface area contributed by atoms with Gasteiger partial charge >= 0.3 is 0 Å². The first-order valence-corrected chi connectivity index (χ1v) is 8.19. The van der Waals surface area contributed by atoms with Crippen molar-refractivity contribution in [3.05, 3.63) is 66.2 Å². The third-order valence-corrected chi connectivity index (χ3v) is 4.77. The van der Waals surface area contributed by atoms with Gasteiger partial charge in [-0.05, 0) is 42.9 Å². The molecule has 0 aliphatic heterocycles. The van der Waals surface area contributed by atoms with Crippen LogP contribution >= 0.6 is 12.4 Å². The molecule has 2 N–H and O–H groups in total. The summed E-state index contributed by atoms with van der Waals surface area (Å²) in [5.41, 5.74) is 10.6. The molecular weight excluding hydrogens is 320 g/mol. The Bertz CT molecular complexity index is 855. The third kappa shape index (κ3) is 2.97. The van der Waals surface area contributed by atoms with Gasteiger partial charge in [0.1, 0.15) is 5.69 Å². The molecule has 0 bridgehead atoms. The minimum Gasteiger partial charge on any atom is -0.356 e. The minimum absolute atomic E-state index is 0. The summed E-state index contributed by atoms with van der Waals surface area (Å²) in [7, 11) is 0. The molecule has 0 spiro atoms. The van der Waals surface area contributed by atoms with Crippen molar-refractivity contribution >= 4 is 23.4 Å². The van der Waals surface area contributed by atoms with E-state index < -0.39 is 0 Å². The molecule has 24 heavy (non-hydrogen) atoms. The maximum Gasteiger partial charge on any atom is 0.167 e. The second-order valence-electron chi connectivity index (χ2n) is 6.18. The van der Waals surface area contributed by atoms with Crippen molar-refractivity contribution in [2.75, 3.05) is 0 Å². The van der Waals surface area contributed by atoms with E-state index in [0.29, 0.717) is 5.92 Å². The number of nitrogens with zero attached hydrogens (tertiary/aromatic N) is 1. The van der Waals surface area contributed by atoms with Crippen LogP contribution in [0.1, 0.15) is 30.9 Å². The maximum atomic E-state index is 6.63. The Hall–Kier alpha value is -2.10. The van der Waals surface area contributed by atoms with Crippen LogP contribution in [0, 0.1) is 5.92 Å². The molecule has 2 unspecified atom stereocenters. The first-order valence-electron chi connectivity index (χ1n) is 8.19.